The number of nitrogens with one attached hydrogen (secondary N) is 2. The van der Waals surface area contributed by atoms with Gasteiger partial charge in [0, 0.05) is 18.8 Å². The van der Waals surface area contributed by atoms with Crippen LogP contribution in [0, 0.1) is 0 Å². The molecular formula is C13H16N8O. The Morgan fingerprint density at radius 2 is 2.27 bits per heavy atom. The molecule has 2 amide bonds. The van der Waals surface area contributed by atoms with Gasteiger partial charge in [-0.3, -0.25) is 4.68 Å². The van der Waals surface area contributed by atoms with E-state index in [9.17, 15) is 4.79 Å². The van der Waals surface area contributed by atoms with E-state index in [0.29, 0.717) is 12.2 Å². The first-order valence-corrected chi connectivity index (χ1v) is 6.81. The highest BCUT2D eigenvalue weighted by Gasteiger charge is 2.09. The van der Waals surface area contributed by atoms with Crippen molar-refractivity contribution in [1.82, 2.24) is 35.1 Å². The summed E-state index contributed by atoms with van der Waals surface area (Å²) in [6, 6.07) is 5.10. The van der Waals surface area contributed by atoms with E-state index in [4.69, 9.17) is 0 Å². The molecule has 9 heteroatoms. The topological polar surface area (TPSA) is 103 Å². The first-order valence-electron chi connectivity index (χ1n) is 6.81. The van der Waals surface area contributed by atoms with Crippen LogP contribution in [0.3, 0.4) is 0 Å². The summed E-state index contributed by atoms with van der Waals surface area (Å²) in [5.74, 6) is 0. The molecule has 0 spiro atoms. The van der Waals surface area contributed by atoms with Crippen LogP contribution in [0.1, 0.15) is 6.92 Å². The lowest BCUT2D eigenvalue weighted by atomic mass is 10.2. The number of aromatic nitrogens is 6. The third-order valence-corrected chi connectivity index (χ3v) is 3.17. The Hall–Kier alpha value is -2.97. The minimum atomic E-state index is -0.282. The van der Waals surface area contributed by atoms with Crippen molar-refractivity contribution in [3.63, 3.8) is 0 Å². The summed E-state index contributed by atoms with van der Waals surface area (Å²) < 4.78 is 3.34. The Morgan fingerprint density at radius 3 is 3.05 bits per heavy atom. The van der Waals surface area contributed by atoms with Crippen molar-refractivity contribution >= 4 is 22.8 Å². The molecule has 114 valence electrons. The molecule has 3 rings (SSSR count). The molecule has 1 aromatic carbocycles. The van der Waals surface area contributed by atoms with E-state index >= 15 is 0 Å². The molecule has 9 nitrogen and oxygen atoms in total. The van der Waals surface area contributed by atoms with Gasteiger partial charge in [0.2, 0.25) is 0 Å². The molecule has 2 N–H and O–H groups in total. The molecule has 3 aromatic rings. The lowest BCUT2D eigenvalue weighted by molar-refractivity contribution is 0.247. The molecule has 0 aliphatic heterocycles. The van der Waals surface area contributed by atoms with Crippen molar-refractivity contribution in [3.05, 3.63) is 30.9 Å². The normalized spacial score (nSPS) is 12.3. The number of carbonyl (C=O) groups is 1. The van der Waals surface area contributed by atoms with Gasteiger partial charge in [0.15, 0.2) is 0 Å². The van der Waals surface area contributed by atoms with Gasteiger partial charge in [-0.05, 0) is 25.1 Å². The third kappa shape index (κ3) is 3.03. The zero-order valence-corrected chi connectivity index (χ0v) is 12.3. The maximum Gasteiger partial charge on any atom is 0.319 e. The number of urea groups is 1. The van der Waals surface area contributed by atoms with Crippen LogP contribution in [-0.2, 0) is 13.6 Å². The molecule has 0 aliphatic carbocycles. The van der Waals surface area contributed by atoms with Gasteiger partial charge in [-0.1, -0.05) is 5.21 Å². The van der Waals surface area contributed by atoms with Crippen LogP contribution in [0.5, 0.6) is 0 Å². The quantitative estimate of drug-likeness (QED) is 0.741. The summed E-state index contributed by atoms with van der Waals surface area (Å²) in [7, 11) is 1.82. The van der Waals surface area contributed by atoms with Gasteiger partial charge >= 0.3 is 6.03 Å². The van der Waals surface area contributed by atoms with Gasteiger partial charge in [-0.25, -0.2) is 14.5 Å². The monoisotopic (exact) mass is 300 g/mol. The fourth-order valence-electron chi connectivity index (χ4n) is 2.16. The largest absolute Gasteiger partial charge is 0.334 e. The fraction of sp³-hybridized carbons (Fsp3) is 0.308. The van der Waals surface area contributed by atoms with Crippen LogP contribution < -0.4 is 10.6 Å². The van der Waals surface area contributed by atoms with Gasteiger partial charge < -0.3 is 10.6 Å². The van der Waals surface area contributed by atoms with Gasteiger partial charge in [0.05, 0.1) is 12.1 Å². The molecule has 22 heavy (non-hydrogen) atoms. The highest BCUT2D eigenvalue weighted by Crippen LogP contribution is 2.16. The zero-order valence-electron chi connectivity index (χ0n) is 12.3. The van der Waals surface area contributed by atoms with Crippen LogP contribution in [-0.4, -0.2) is 41.8 Å². The maximum atomic E-state index is 12.0. The van der Waals surface area contributed by atoms with Crippen LogP contribution in [0.25, 0.3) is 11.0 Å². The lowest BCUT2D eigenvalue weighted by Gasteiger charge is -2.14. The summed E-state index contributed by atoms with van der Waals surface area (Å²) >= 11 is 0. The number of aryl methyl sites for hydroxylation is 1. The molecule has 0 saturated heterocycles. The van der Waals surface area contributed by atoms with Gasteiger partial charge in [-0.15, -0.1) is 5.10 Å². The Balaban J connectivity index is 1.60. The maximum absolute atomic E-state index is 12.0. The molecule has 0 aliphatic rings. The van der Waals surface area contributed by atoms with Crippen molar-refractivity contribution in [2.24, 2.45) is 7.05 Å². The van der Waals surface area contributed by atoms with Gasteiger partial charge in [-0.2, -0.15) is 5.10 Å². The molecule has 0 radical (unpaired) electrons. The van der Waals surface area contributed by atoms with E-state index in [0.717, 1.165) is 11.0 Å². The minimum absolute atomic E-state index is 0.0815. The second-order valence-corrected chi connectivity index (χ2v) is 5.03. The highest BCUT2D eigenvalue weighted by atomic mass is 16.2. The van der Waals surface area contributed by atoms with Crippen molar-refractivity contribution in [2.45, 2.75) is 19.5 Å². The van der Waals surface area contributed by atoms with Crippen molar-refractivity contribution < 1.29 is 4.79 Å². The second-order valence-electron chi connectivity index (χ2n) is 5.03. The summed E-state index contributed by atoms with van der Waals surface area (Å²) in [5.41, 5.74) is 2.31. The number of amides is 2. The van der Waals surface area contributed by atoms with Crippen molar-refractivity contribution in [1.29, 1.82) is 0 Å². The number of anilines is 1. The van der Waals surface area contributed by atoms with E-state index < -0.39 is 0 Å². The Bertz CT molecular complexity index is 779. The van der Waals surface area contributed by atoms with E-state index in [1.165, 1.54) is 6.33 Å². The summed E-state index contributed by atoms with van der Waals surface area (Å²) in [5, 5.41) is 17.6. The van der Waals surface area contributed by atoms with Crippen LogP contribution in [0.15, 0.2) is 30.9 Å². The van der Waals surface area contributed by atoms with Crippen LogP contribution >= 0.6 is 0 Å². The number of nitrogens with zero attached hydrogens (tertiary/aromatic N) is 6. The number of fused-ring (bicyclic) bond motifs is 1. The lowest BCUT2D eigenvalue weighted by Crippen LogP contribution is -2.38. The van der Waals surface area contributed by atoms with Crippen molar-refractivity contribution in [2.75, 3.05) is 5.32 Å². The molecular weight excluding hydrogens is 284 g/mol. The number of carbonyl (C=O) groups excluding carboxylic acids is 1. The summed E-state index contributed by atoms with van der Waals surface area (Å²) in [4.78, 5) is 15.8. The number of hydrogen-bond acceptors (Lipinski definition) is 5. The molecule has 0 bridgehead atoms. The van der Waals surface area contributed by atoms with E-state index in [-0.39, 0.29) is 12.1 Å². The second kappa shape index (κ2) is 5.80. The Morgan fingerprint density at radius 1 is 1.41 bits per heavy atom. The van der Waals surface area contributed by atoms with Gasteiger partial charge in [0.1, 0.15) is 18.2 Å². The first kappa shape index (κ1) is 14.0. The van der Waals surface area contributed by atoms with Crippen LogP contribution in [0.4, 0.5) is 10.5 Å². The van der Waals surface area contributed by atoms with E-state index in [1.54, 1.807) is 21.8 Å². The van der Waals surface area contributed by atoms with Crippen molar-refractivity contribution in [3.8, 4) is 0 Å². The van der Waals surface area contributed by atoms with E-state index in [2.05, 4.69) is 31.0 Å². The standard InChI is InChI=1S/C13H16N8O/c1-9(6-21-8-14-7-15-21)16-13(22)17-10-3-4-12-11(5-10)18-19-20(12)2/h3-5,7-9H,6H2,1-2H3,(H2,16,17,22)/t9-/m0/s1. The minimum Gasteiger partial charge on any atom is -0.334 e. The average molecular weight is 300 g/mol. The SMILES string of the molecule is C[C@@H](Cn1cncn1)NC(=O)Nc1ccc2c(c1)nnn2C. The van der Waals surface area contributed by atoms with Gasteiger partial charge in [0.25, 0.3) is 0 Å². The molecule has 2 heterocycles. The molecule has 0 fully saturated rings. The highest BCUT2D eigenvalue weighted by molar-refractivity contribution is 5.91. The number of benzene rings is 1. The summed E-state index contributed by atoms with van der Waals surface area (Å²) in [6.45, 7) is 2.45. The predicted octanol–water partition coefficient (Wildman–Crippen LogP) is 0.770. The molecule has 0 unspecified atom stereocenters. The molecule has 0 saturated carbocycles. The zero-order chi connectivity index (χ0) is 15.5. The average Bonchev–Trinajstić information content (AvgIpc) is 3.09. The Kier molecular flexibility index (Phi) is 3.69. The molecule has 2 aromatic heterocycles. The predicted molar refractivity (Wildman–Crippen MR) is 80.1 cm³/mol. The number of rotatable bonds is 4. The smallest absolute Gasteiger partial charge is 0.319 e. The van der Waals surface area contributed by atoms with E-state index in [1.807, 2.05) is 26.1 Å². The third-order valence-electron chi connectivity index (χ3n) is 3.17. The first-order chi connectivity index (χ1) is 10.6. The fourth-order valence-corrected chi connectivity index (χ4v) is 2.16. The van der Waals surface area contributed by atoms with Crippen LogP contribution in [0.2, 0.25) is 0 Å². The summed E-state index contributed by atoms with van der Waals surface area (Å²) in [6.07, 6.45) is 3.07. The molecule has 1 atom stereocenters. The Labute approximate surface area is 126 Å². The number of hydrogen-bond donors (Lipinski definition) is 2.